The highest BCUT2D eigenvalue weighted by molar-refractivity contribution is 7.80. The molecule has 2 N–H and O–H groups in total. The van der Waals surface area contributed by atoms with Crippen LogP contribution in [0.4, 0.5) is 0 Å². The first-order chi connectivity index (χ1) is 8.49. The third-order valence-corrected chi connectivity index (χ3v) is 3.04. The van der Waals surface area contributed by atoms with Gasteiger partial charge >= 0.3 is 0 Å². The number of aryl methyl sites for hydroxylation is 2. The van der Waals surface area contributed by atoms with Crippen molar-refractivity contribution in [2.45, 2.75) is 13.8 Å². The van der Waals surface area contributed by atoms with Crippen LogP contribution in [0.1, 0.15) is 16.8 Å². The number of rotatable bonds is 2. The molecule has 0 unspecified atom stereocenters. The maximum absolute atomic E-state index is 11.7. The fourth-order valence-corrected chi connectivity index (χ4v) is 1.95. The lowest BCUT2D eigenvalue weighted by molar-refractivity contribution is 0.969. The van der Waals surface area contributed by atoms with E-state index >= 15 is 0 Å². The molecular weight excluding hydrogens is 244 g/mol. The van der Waals surface area contributed by atoms with E-state index in [2.05, 4.69) is 0 Å². The van der Waals surface area contributed by atoms with Crippen LogP contribution in [-0.4, -0.2) is 9.56 Å². The van der Waals surface area contributed by atoms with E-state index in [1.54, 1.807) is 12.3 Å². The van der Waals surface area contributed by atoms with E-state index in [-0.39, 0.29) is 10.4 Å². The van der Waals surface area contributed by atoms with Gasteiger partial charge in [-0.15, -0.1) is 0 Å². The molecule has 0 aliphatic carbocycles. The fourth-order valence-electron chi connectivity index (χ4n) is 1.80. The van der Waals surface area contributed by atoms with E-state index in [1.165, 1.54) is 5.56 Å². The second-order valence-electron chi connectivity index (χ2n) is 4.26. The van der Waals surface area contributed by atoms with Gasteiger partial charge in [-0.3, -0.25) is 4.79 Å². The quantitative estimate of drug-likeness (QED) is 0.839. The van der Waals surface area contributed by atoms with Crippen LogP contribution in [0.15, 0.2) is 41.3 Å². The summed E-state index contributed by atoms with van der Waals surface area (Å²) in [5.74, 6) is 0. The Morgan fingerprint density at radius 1 is 1.22 bits per heavy atom. The van der Waals surface area contributed by atoms with Crippen molar-refractivity contribution < 1.29 is 0 Å². The van der Waals surface area contributed by atoms with E-state index in [0.717, 1.165) is 11.4 Å². The highest BCUT2D eigenvalue weighted by Crippen LogP contribution is 2.12. The van der Waals surface area contributed by atoms with Crippen LogP contribution >= 0.6 is 12.2 Å². The van der Waals surface area contributed by atoms with Gasteiger partial charge in [0.25, 0.3) is 0 Å². The van der Waals surface area contributed by atoms with Gasteiger partial charge < -0.3 is 10.3 Å². The monoisotopic (exact) mass is 258 g/mol. The van der Waals surface area contributed by atoms with Crippen LogP contribution in [0, 0.1) is 13.8 Å². The molecule has 0 radical (unpaired) electrons. The van der Waals surface area contributed by atoms with Gasteiger partial charge in [0.15, 0.2) is 5.43 Å². The predicted molar refractivity (Wildman–Crippen MR) is 77.4 cm³/mol. The minimum Gasteiger partial charge on any atom is -0.389 e. The first kappa shape index (κ1) is 12.5. The highest BCUT2D eigenvalue weighted by atomic mass is 32.1. The number of aromatic nitrogens is 1. The van der Waals surface area contributed by atoms with E-state index < -0.39 is 0 Å². The highest BCUT2D eigenvalue weighted by Gasteiger charge is 2.07. The summed E-state index contributed by atoms with van der Waals surface area (Å²) in [6, 6.07) is 9.58. The number of nitrogens with two attached hydrogens (primary N) is 1. The summed E-state index contributed by atoms with van der Waals surface area (Å²) in [4.78, 5) is 11.9. The van der Waals surface area contributed by atoms with E-state index in [1.807, 2.05) is 42.7 Å². The zero-order valence-electron chi connectivity index (χ0n) is 10.3. The van der Waals surface area contributed by atoms with Crippen LogP contribution in [0.5, 0.6) is 0 Å². The van der Waals surface area contributed by atoms with Crippen molar-refractivity contribution in [2.75, 3.05) is 0 Å². The molecule has 0 bridgehead atoms. The first-order valence-electron chi connectivity index (χ1n) is 5.59. The molecule has 1 aromatic carbocycles. The summed E-state index contributed by atoms with van der Waals surface area (Å²) in [5, 5.41) is 0. The minimum absolute atomic E-state index is 0.126. The zero-order valence-corrected chi connectivity index (χ0v) is 11.1. The molecular formula is C14H14N2OS. The maximum atomic E-state index is 11.7. The number of pyridine rings is 1. The minimum atomic E-state index is -0.136. The van der Waals surface area contributed by atoms with Crippen LogP contribution in [-0.2, 0) is 0 Å². The van der Waals surface area contributed by atoms with Gasteiger partial charge in [0.2, 0.25) is 0 Å². The van der Waals surface area contributed by atoms with Crippen LogP contribution < -0.4 is 11.2 Å². The number of hydrogen-bond acceptors (Lipinski definition) is 2. The maximum Gasteiger partial charge on any atom is 0.192 e. The lowest BCUT2D eigenvalue weighted by Gasteiger charge is -2.12. The Labute approximate surface area is 111 Å². The molecule has 0 aliphatic heterocycles. The Bertz CT molecular complexity index is 656. The molecule has 2 rings (SSSR count). The molecule has 0 aliphatic rings. The topological polar surface area (TPSA) is 48.0 Å². The molecule has 0 spiro atoms. The average Bonchev–Trinajstić information content (AvgIpc) is 2.30. The second-order valence-corrected chi connectivity index (χ2v) is 4.70. The van der Waals surface area contributed by atoms with Gasteiger partial charge in [-0.05, 0) is 26.0 Å². The summed E-state index contributed by atoms with van der Waals surface area (Å²) in [5.41, 5.74) is 8.81. The Balaban J connectivity index is 2.64. The van der Waals surface area contributed by atoms with E-state index in [4.69, 9.17) is 18.0 Å². The van der Waals surface area contributed by atoms with Gasteiger partial charge in [0.05, 0.1) is 5.56 Å². The average molecular weight is 258 g/mol. The molecule has 0 atom stereocenters. The molecule has 2 aromatic rings. The summed E-state index contributed by atoms with van der Waals surface area (Å²) >= 11 is 4.89. The van der Waals surface area contributed by atoms with Gasteiger partial charge in [0, 0.05) is 23.6 Å². The molecule has 1 heterocycles. The summed E-state index contributed by atoms with van der Waals surface area (Å²) in [7, 11) is 0. The smallest absolute Gasteiger partial charge is 0.192 e. The third kappa shape index (κ3) is 2.33. The summed E-state index contributed by atoms with van der Waals surface area (Å²) in [6.45, 7) is 3.91. The normalized spacial score (nSPS) is 10.3. The number of thiocarbonyl (C=S) groups is 1. The Kier molecular flexibility index (Phi) is 3.30. The van der Waals surface area contributed by atoms with Crippen molar-refractivity contribution in [2.24, 2.45) is 5.73 Å². The number of nitrogens with zero attached hydrogens (tertiary/aromatic N) is 1. The van der Waals surface area contributed by atoms with Crippen molar-refractivity contribution >= 4 is 17.2 Å². The summed E-state index contributed by atoms with van der Waals surface area (Å²) in [6.07, 6.45) is 1.70. The molecule has 4 heteroatoms. The van der Waals surface area contributed by atoms with Gasteiger partial charge in [-0.2, -0.15) is 0 Å². The van der Waals surface area contributed by atoms with Gasteiger partial charge in [-0.25, -0.2) is 0 Å². The fraction of sp³-hybridized carbons (Fsp3) is 0.143. The van der Waals surface area contributed by atoms with Crippen LogP contribution in [0.3, 0.4) is 0 Å². The molecule has 18 heavy (non-hydrogen) atoms. The Hall–Kier alpha value is -1.94. The first-order valence-corrected chi connectivity index (χ1v) is 6.00. The molecule has 92 valence electrons. The number of benzene rings is 1. The molecule has 0 fully saturated rings. The van der Waals surface area contributed by atoms with E-state index in [0.29, 0.717) is 5.56 Å². The van der Waals surface area contributed by atoms with E-state index in [9.17, 15) is 4.79 Å². The van der Waals surface area contributed by atoms with Crippen molar-refractivity contribution in [3.05, 3.63) is 63.6 Å². The molecule has 1 aromatic heterocycles. The Morgan fingerprint density at radius 2 is 1.83 bits per heavy atom. The molecule has 0 saturated heterocycles. The number of hydrogen-bond donors (Lipinski definition) is 1. The predicted octanol–water partition coefficient (Wildman–Crippen LogP) is 2.09. The van der Waals surface area contributed by atoms with Gasteiger partial charge in [-0.1, -0.05) is 29.9 Å². The van der Waals surface area contributed by atoms with Crippen molar-refractivity contribution in [1.29, 1.82) is 0 Å². The SMILES string of the molecule is Cc1ccc(-n2cc(C(N)=S)c(=O)cc2C)cc1. The lowest BCUT2D eigenvalue weighted by Crippen LogP contribution is -2.22. The zero-order chi connectivity index (χ0) is 13.3. The standard InChI is InChI=1S/C14H14N2OS/c1-9-3-5-11(6-4-9)16-8-12(14(15)18)13(17)7-10(16)2/h3-8H,1-2H3,(H2,15,18). The van der Waals surface area contributed by atoms with Crippen molar-refractivity contribution in [3.63, 3.8) is 0 Å². The van der Waals surface area contributed by atoms with Crippen LogP contribution in [0.2, 0.25) is 0 Å². The molecule has 0 amide bonds. The van der Waals surface area contributed by atoms with Crippen molar-refractivity contribution in [1.82, 2.24) is 4.57 Å². The Morgan fingerprint density at radius 3 is 2.39 bits per heavy atom. The van der Waals surface area contributed by atoms with Crippen molar-refractivity contribution in [3.8, 4) is 5.69 Å². The van der Waals surface area contributed by atoms with Gasteiger partial charge in [0.1, 0.15) is 4.99 Å². The summed E-state index contributed by atoms with van der Waals surface area (Å²) < 4.78 is 1.91. The third-order valence-electron chi connectivity index (χ3n) is 2.82. The largest absolute Gasteiger partial charge is 0.389 e. The lowest BCUT2D eigenvalue weighted by atomic mass is 10.2. The molecule has 0 saturated carbocycles. The van der Waals surface area contributed by atoms with Crippen LogP contribution in [0.25, 0.3) is 5.69 Å². The molecule has 3 nitrogen and oxygen atoms in total. The second kappa shape index (κ2) is 4.74.